The normalized spacial score (nSPS) is 12.3. The van der Waals surface area contributed by atoms with Crippen LogP contribution in [-0.2, 0) is 0 Å². The molecular weight excluding hydrogens is 733 g/mol. The predicted molar refractivity (Wildman–Crippen MR) is 247 cm³/mol. The first-order valence-corrected chi connectivity index (χ1v) is 20.3. The van der Waals surface area contributed by atoms with Gasteiger partial charge in [-0.3, -0.25) is 4.98 Å². The van der Waals surface area contributed by atoms with Gasteiger partial charge in [-0.25, -0.2) is 9.97 Å². The number of para-hydroxylation sites is 2. The van der Waals surface area contributed by atoms with Gasteiger partial charge in [0.1, 0.15) is 16.8 Å². The van der Waals surface area contributed by atoms with Crippen LogP contribution in [0, 0.1) is 0 Å². The van der Waals surface area contributed by atoms with Crippen molar-refractivity contribution >= 4 is 82.4 Å². The van der Waals surface area contributed by atoms with Crippen LogP contribution in [0.25, 0.3) is 110 Å². The topological polar surface area (TPSA) is 55.1 Å². The molecule has 4 heterocycles. The minimum atomic E-state index is 0.638. The number of pyridine rings is 1. The molecule has 1 aliphatic heterocycles. The Morgan fingerprint density at radius 2 is 1.13 bits per heavy atom. The summed E-state index contributed by atoms with van der Waals surface area (Å²) in [6.45, 7) is 0. The summed E-state index contributed by atoms with van der Waals surface area (Å²) in [7, 11) is 0. The van der Waals surface area contributed by atoms with Gasteiger partial charge in [0.25, 0.3) is 0 Å². The number of fused-ring (bicyclic) bond motifs is 9. The zero-order valence-corrected chi connectivity index (χ0v) is 32.2. The van der Waals surface area contributed by atoms with E-state index in [9.17, 15) is 0 Å². The Labute approximate surface area is 344 Å². The maximum absolute atomic E-state index is 6.60. The van der Waals surface area contributed by atoms with E-state index in [1.165, 1.54) is 32.7 Å². The lowest BCUT2D eigenvalue weighted by molar-refractivity contribution is 0.667. The van der Waals surface area contributed by atoms with Crippen LogP contribution in [-0.4, -0.2) is 15.0 Å². The standard InChI is InChI=1S/C55H32N4O/c1-4-18-41-33(11-1)28-29-47-50(41)44-21-7-13-35-14-9-22-46(49(35)44)59(47)39-31-38-12-2-3-17-40(38)45(32-39)55-57-52(54-53(58-55)43-19-5-6-23-48(43)60-54)37-26-24-34(25-27-37)42-20-8-15-36-16-10-30-56-51(36)42/h1-32H. The molecule has 9 aromatic carbocycles. The minimum Gasteiger partial charge on any atom is -0.452 e. The molecule has 0 fully saturated rings. The molecule has 12 aromatic rings. The van der Waals surface area contributed by atoms with E-state index < -0.39 is 0 Å². The smallest absolute Gasteiger partial charge is 0.180 e. The predicted octanol–water partition coefficient (Wildman–Crippen LogP) is 14.8. The number of aromatic nitrogens is 3. The second kappa shape index (κ2) is 12.7. The third kappa shape index (κ3) is 4.84. The lowest BCUT2D eigenvalue weighted by Crippen LogP contribution is -2.15. The highest BCUT2D eigenvalue weighted by Crippen LogP contribution is 2.54. The van der Waals surface area contributed by atoms with E-state index in [2.05, 4.69) is 169 Å². The van der Waals surface area contributed by atoms with E-state index >= 15 is 0 Å². The number of nitrogens with zero attached hydrogens (tertiary/aromatic N) is 4. The Balaban J connectivity index is 1.05. The molecule has 0 N–H and O–H groups in total. The Kier molecular flexibility index (Phi) is 6.95. The van der Waals surface area contributed by atoms with Crippen molar-refractivity contribution in [3.8, 4) is 44.9 Å². The Morgan fingerprint density at radius 1 is 0.433 bits per heavy atom. The highest BCUT2D eigenvalue weighted by Gasteiger charge is 2.29. The van der Waals surface area contributed by atoms with E-state index in [-0.39, 0.29) is 0 Å². The molecule has 278 valence electrons. The summed E-state index contributed by atoms with van der Waals surface area (Å²) in [4.78, 5) is 18.0. The van der Waals surface area contributed by atoms with Gasteiger partial charge in [-0.2, -0.15) is 0 Å². The monoisotopic (exact) mass is 764 g/mol. The van der Waals surface area contributed by atoms with Crippen molar-refractivity contribution in [1.82, 2.24) is 15.0 Å². The molecule has 0 amide bonds. The van der Waals surface area contributed by atoms with Crippen molar-refractivity contribution < 1.29 is 4.42 Å². The molecule has 0 radical (unpaired) electrons. The lowest BCUT2D eigenvalue weighted by atomic mass is 9.87. The fourth-order valence-electron chi connectivity index (χ4n) is 9.51. The lowest BCUT2D eigenvalue weighted by Gasteiger charge is -2.34. The first-order chi connectivity index (χ1) is 29.7. The summed E-state index contributed by atoms with van der Waals surface area (Å²) in [6, 6.07) is 66.8. The van der Waals surface area contributed by atoms with Gasteiger partial charge in [0.15, 0.2) is 11.4 Å². The van der Waals surface area contributed by atoms with E-state index in [1.54, 1.807) is 0 Å². The summed E-state index contributed by atoms with van der Waals surface area (Å²) in [5, 5.41) is 9.15. The average molecular weight is 765 g/mol. The van der Waals surface area contributed by atoms with Gasteiger partial charge in [-0.1, -0.05) is 146 Å². The quantitative estimate of drug-likeness (QED) is 0.179. The average Bonchev–Trinajstić information content (AvgIpc) is 3.69. The molecule has 0 spiro atoms. The molecule has 0 aliphatic carbocycles. The SMILES string of the molecule is c1ccc2c(-c3nc(-c4ccc(-c5cccc6cccnc56)cc4)c4oc5ccccc5c4n3)cc(N3c4ccc5ccccc5c4-c4cccc5cccc3c45)cc2c1. The number of hydrogen-bond acceptors (Lipinski definition) is 5. The number of furan rings is 1. The maximum atomic E-state index is 6.60. The maximum Gasteiger partial charge on any atom is 0.180 e. The Morgan fingerprint density at radius 3 is 2.02 bits per heavy atom. The fraction of sp³-hybridized carbons (Fsp3) is 0. The van der Waals surface area contributed by atoms with Gasteiger partial charge in [0, 0.05) is 50.3 Å². The van der Waals surface area contributed by atoms with Crippen LogP contribution in [0.1, 0.15) is 0 Å². The van der Waals surface area contributed by atoms with Gasteiger partial charge in [0.2, 0.25) is 0 Å². The van der Waals surface area contributed by atoms with Crippen LogP contribution in [0.4, 0.5) is 17.1 Å². The third-order valence-corrected chi connectivity index (χ3v) is 12.2. The molecule has 0 atom stereocenters. The van der Waals surface area contributed by atoms with Crippen LogP contribution in [0.2, 0.25) is 0 Å². The second-order valence-corrected chi connectivity index (χ2v) is 15.5. The van der Waals surface area contributed by atoms with Gasteiger partial charge >= 0.3 is 0 Å². The first-order valence-electron chi connectivity index (χ1n) is 20.3. The molecule has 0 unspecified atom stereocenters. The van der Waals surface area contributed by atoms with E-state index in [0.29, 0.717) is 11.4 Å². The highest BCUT2D eigenvalue weighted by atomic mass is 16.3. The number of anilines is 3. The summed E-state index contributed by atoms with van der Waals surface area (Å²) >= 11 is 0. The van der Waals surface area contributed by atoms with Crippen molar-refractivity contribution in [3.05, 3.63) is 194 Å². The second-order valence-electron chi connectivity index (χ2n) is 15.5. The number of hydrogen-bond donors (Lipinski definition) is 0. The largest absolute Gasteiger partial charge is 0.452 e. The zero-order chi connectivity index (χ0) is 39.3. The van der Waals surface area contributed by atoms with E-state index in [1.807, 2.05) is 30.5 Å². The zero-order valence-electron chi connectivity index (χ0n) is 32.2. The highest BCUT2D eigenvalue weighted by molar-refractivity contribution is 6.20. The summed E-state index contributed by atoms with van der Waals surface area (Å²) < 4.78 is 6.60. The van der Waals surface area contributed by atoms with Crippen LogP contribution >= 0.6 is 0 Å². The van der Waals surface area contributed by atoms with Gasteiger partial charge < -0.3 is 9.32 Å². The van der Waals surface area contributed by atoms with Crippen LogP contribution in [0.5, 0.6) is 0 Å². The van der Waals surface area contributed by atoms with Crippen LogP contribution in [0.15, 0.2) is 199 Å². The van der Waals surface area contributed by atoms with E-state index in [4.69, 9.17) is 19.4 Å². The van der Waals surface area contributed by atoms with Crippen molar-refractivity contribution in [3.63, 3.8) is 0 Å². The molecule has 0 bridgehead atoms. The fourth-order valence-corrected chi connectivity index (χ4v) is 9.51. The molecule has 5 heteroatoms. The summed E-state index contributed by atoms with van der Waals surface area (Å²) in [5.41, 5.74) is 13.8. The molecule has 1 aliphatic rings. The van der Waals surface area contributed by atoms with Gasteiger partial charge in [-0.05, 0) is 80.5 Å². The Hall–Kier alpha value is -8.15. The molecule has 13 rings (SSSR count). The summed E-state index contributed by atoms with van der Waals surface area (Å²) in [5.74, 6) is 0.638. The van der Waals surface area contributed by atoms with Crippen molar-refractivity contribution in [2.24, 2.45) is 0 Å². The minimum absolute atomic E-state index is 0.638. The van der Waals surface area contributed by atoms with Gasteiger partial charge in [0.05, 0.1) is 16.9 Å². The molecule has 5 nitrogen and oxygen atoms in total. The van der Waals surface area contributed by atoms with E-state index in [0.717, 1.165) is 83.2 Å². The molecule has 0 saturated carbocycles. The number of rotatable bonds is 4. The molecule has 3 aromatic heterocycles. The Bertz CT molecular complexity index is 3730. The van der Waals surface area contributed by atoms with Crippen molar-refractivity contribution in [2.45, 2.75) is 0 Å². The molecular formula is C55H32N4O. The molecule has 60 heavy (non-hydrogen) atoms. The van der Waals surface area contributed by atoms with Crippen LogP contribution in [0.3, 0.4) is 0 Å². The third-order valence-electron chi connectivity index (χ3n) is 12.2. The van der Waals surface area contributed by atoms with Crippen molar-refractivity contribution in [2.75, 3.05) is 4.90 Å². The number of benzene rings is 9. The summed E-state index contributed by atoms with van der Waals surface area (Å²) in [6.07, 6.45) is 1.85. The van der Waals surface area contributed by atoms with Crippen molar-refractivity contribution in [1.29, 1.82) is 0 Å². The van der Waals surface area contributed by atoms with Crippen LogP contribution < -0.4 is 4.90 Å². The first kappa shape index (κ1) is 32.9. The molecule has 0 saturated heterocycles. The van der Waals surface area contributed by atoms with Gasteiger partial charge in [-0.15, -0.1) is 0 Å².